The molecule has 3 N–H and O–H groups in total. The number of hydrogen-bond donors (Lipinski definition) is 3. The zero-order valence-electron chi connectivity index (χ0n) is 16.8. The molecule has 1 aromatic carbocycles. The van der Waals surface area contributed by atoms with E-state index in [-0.39, 0.29) is 17.5 Å². The molecule has 150 valence electrons. The first-order valence-electron chi connectivity index (χ1n) is 10.4. The van der Waals surface area contributed by atoms with Crippen molar-refractivity contribution in [3.05, 3.63) is 46.7 Å². The number of fused-ring (bicyclic) bond motifs is 1. The number of hydrogen-bond acceptors (Lipinski definition) is 5. The maximum Gasteiger partial charge on any atom is 0.263 e. The van der Waals surface area contributed by atoms with Crippen molar-refractivity contribution >= 4 is 5.91 Å². The lowest BCUT2D eigenvalue weighted by atomic mass is 9.89. The van der Waals surface area contributed by atoms with Crippen LogP contribution in [0.15, 0.2) is 30.0 Å². The van der Waals surface area contributed by atoms with E-state index in [0.29, 0.717) is 6.54 Å². The molecule has 1 saturated heterocycles. The number of nitrogens with one attached hydrogen (secondary N) is 3. The predicted molar refractivity (Wildman–Crippen MR) is 111 cm³/mol. The minimum absolute atomic E-state index is 0.0456. The average Bonchev–Trinajstić information content (AvgIpc) is 2.74. The molecule has 0 spiro atoms. The quantitative estimate of drug-likeness (QED) is 0.494. The van der Waals surface area contributed by atoms with Gasteiger partial charge in [-0.25, -0.2) is 0 Å². The van der Waals surface area contributed by atoms with E-state index in [1.807, 2.05) is 6.07 Å². The molecule has 1 aliphatic carbocycles. The van der Waals surface area contributed by atoms with Crippen LogP contribution >= 0.6 is 0 Å². The van der Waals surface area contributed by atoms with E-state index in [1.165, 1.54) is 36.0 Å². The van der Waals surface area contributed by atoms with Crippen molar-refractivity contribution in [1.29, 1.82) is 5.26 Å². The van der Waals surface area contributed by atoms with Crippen LogP contribution in [0.1, 0.15) is 42.5 Å². The monoisotopic (exact) mass is 381 g/mol. The molecule has 0 saturated carbocycles. The highest BCUT2D eigenvalue weighted by Gasteiger charge is 2.14. The first-order valence-corrected chi connectivity index (χ1v) is 10.4. The third kappa shape index (κ3) is 5.57. The minimum Gasteiger partial charge on any atom is -0.383 e. The Morgan fingerprint density at radius 1 is 1.29 bits per heavy atom. The SMILES string of the molecule is CC(N/C=C(/C#N)C(=O)NCCN1CCNCC1)c1ccc2c(c1)CCCC2. The van der Waals surface area contributed by atoms with Crippen LogP contribution in [0.5, 0.6) is 0 Å². The molecule has 0 aromatic heterocycles. The van der Waals surface area contributed by atoms with Gasteiger partial charge in [-0.1, -0.05) is 18.2 Å². The Morgan fingerprint density at radius 2 is 2.04 bits per heavy atom. The molecule has 28 heavy (non-hydrogen) atoms. The normalized spacial score (nSPS) is 18.6. The summed E-state index contributed by atoms with van der Waals surface area (Å²) in [6, 6.07) is 8.69. The molecular formula is C22H31N5O. The van der Waals surface area contributed by atoms with Gasteiger partial charge in [-0.15, -0.1) is 0 Å². The molecule has 0 bridgehead atoms. The standard InChI is InChI=1S/C22H31N5O/c1-17(19-7-6-18-4-2-3-5-20(18)14-19)26-16-21(15-23)22(28)25-10-13-27-11-8-24-9-12-27/h6-7,14,16-17,24,26H,2-5,8-13H2,1H3,(H,25,28)/b21-16-. The van der Waals surface area contributed by atoms with Gasteiger partial charge in [0.2, 0.25) is 0 Å². The number of benzene rings is 1. The maximum absolute atomic E-state index is 12.3. The molecule has 6 nitrogen and oxygen atoms in total. The largest absolute Gasteiger partial charge is 0.383 e. The third-order valence-corrected chi connectivity index (χ3v) is 5.64. The number of piperazine rings is 1. The van der Waals surface area contributed by atoms with Crippen molar-refractivity contribution in [3.63, 3.8) is 0 Å². The highest BCUT2D eigenvalue weighted by atomic mass is 16.1. The van der Waals surface area contributed by atoms with Gasteiger partial charge in [-0.3, -0.25) is 9.69 Å². The van der Waals surface area contributed by atoms with Crippen LogP contribution in [0.2, 0.25) is 0 Å². The van der Waals surface area contributed by atoms with Crippen molar-refractivity contribution in [1.82, 2.24) is 20.9 Å². The first-order chi connectivity index (χ1) is 13.7. The lowest BCUT2D eigenvalue weighted by Gasteiger charge is -2.27. The van der Waals surface area contributed by atoms with Gasteiger partial charge in [0, 0.05) is 51.5 Å². The van der Waals surface area contributed by atoms with Crippen LogP contribution in [0.3, 0.4) is 0 Å². The molecule has 6 heteroatoms. The van der Waals surface area contributed by atoms with Gasteiger partial charge in [-0.2, -0.15) is 5.26 Å². The van der Waals surface area contributed by atoms with E-state index in [2.05, 4.69) is 46.0 Å². The van der Waals surface area contributed by atoms with E-state index in [4.69, 9.17) is 0 Å². The van der Waals surface area contributed by atoms with Crippen molar-refractivity contribution in [3.8, 4) is 6.07 Å². The molecule has 1 unspecified atom stereocenters. The van der Waals surface area contributed by atoms with Crippen LogP contribution in [-0.4, -0.2) is 50.1 Å². The van der Waals surface area contributed by atoms with Crippen molar-refractivity contribution in [2.75, 3.05) is 39.3 Å². The van der Waals surface area contributed by atoms with E-state index >= 15 is 0 Å². The second-order valence-corrected chi connectivity index (χ2v) is 7.64. The molecule has 1 aromatic rings. The van der Waals surface area contributed by atoms with E-state index in [9.17, 15) is 10.1 Å². The number of amides is 1. The predicted octanol–water partition coefficient (Wildman–Crippen LogP) is 1.64. The summed E-state index contributed by atoms with van der Waals surface area (Å²) >= 11 is 0. The molecule has 1 fully saturated rings. The molecule has 1 amide bonds. The summed E-state index contributed by atoms with van der Waals surface area (Å²) in [5.74, 6) is -0.317. The fraction of sp³-hybridized carbons (Fsp3) is 0.545. The Balaban J connectivity index is 1.50. The van der Waals surface area contributed by atoms with Crippen LogP contribution in [-0.2, 0) is 17.6 Å². The fourth-order valence-electron chi connectivity index (χ4n) is 3.83. The number of carbonyl (C=O) groups is 1. The highest BCUT2D eigenvalue weighted by molar-refractivity contribution is 5.97. The van der Waals surface area contributed by atoms with Gasteiger partial charge >= 0.3 is 0 Å². The number of nitrogens with zero attached hydrogens (tertiary/aromatic N) is 2. The van der Waals surface area contributed by atoms with E-state index < -0.39 is 0 Å². The molecule has 2 aliphatic rings. The third-order valence-electron chi connectivity index (χ3n) is 5.64. The van der Waals surface area contributed by atoms with Crippen LogP contribution in [0, 0.1) is 11.3 Å². The van der Waals surface area contributed by atoms with Gasteiger partial charge in [0.15, 0.2) is 0 Å². The summed E-state index contributed by atoms with van der Waals surface area (Å²) in [6.07, 6.45) is 6.39. The number of aryl methyl sites for hydroxylation is 2. The summed E-state index contributed by atoms with van der Waals surface area (Å²) < 4.78 is 0. The molecule has 1 heterocycles. The zero-order valence-corrected chi connectivity index (χ0v) is 16.8. The Morgan fingerprint density at radius 3 is 2.79 bits per heavy atom. The topological polar surface area (TPSA) is 80.2 Å². The Hall–Kier alpha value is -2.36. The molecule has 1 atom stereocenters. The van der Waals surface area contributed by atoms with Crippen molar-refractivity contribution in [2.24, 2.45) is 0 Å². The lowest BCUT2D eigenvalue weighted by molar-refractivity contribution is -0.117. The van der Waals surface area contributed by atoms with Gasteiger partial charge in [0.05, 0.1) is 0 Å². The first kappa shape index (κ1) is 20.4. The molecule has 3 rings (SSSR count). The molecular weight excluding hydrogens is 350 g/mol. The molecule has 1 aliphatic heterocycles. The summed E-state index contributed by atoms with van der Waals surface area (Å²) in [5, 5.41) is 18.7. The van der Waals surface area contributed by atoms with Crippen molar-refractivity contribution < 1.29 is 4.79 Å². The number of rotatable bonds is 7. The summed E-state index contributed by atoms with van der Waals surface area (Å²) in [7, 11) is 0. The second-order valence-electron chi connectivity index (χ2n) is 7.64. The highest BCUT2D eigenvalue weighted by Crippen LogP contribution is 2.24. The van der Waals surface area contributed by atoms with Gasteiger partial charge in [-0.05, 0) is 49.3 Å². The number of carbonyl (C=O) groups excluding carboxylic acids is 1. The van der Waals surface area contributed by atoms with Crippen molar-refractivity contribution in [2.45, 2.75) is 38.6 Å². The fourth-order valence-corrected chi connectivity index (χ4v) is 3.83. The minimum atomic E-state index is -0.317. The van der Waals surface area contributed by atoms with E-state index in [0.717, 1.165) is 39.1 Å². The van der Waals surface area contributed by atoms with Gasteiger partial charge in [0.1, 0.15) is 11.6 Å². The zero-order chi connectivity index (χ0) is 19.8. The van der Waals surface area contributed by atoms with Crippen LogP contribution in [0.25, 0.3) is 0 Å². The summed E-state index contributed by atoms with van der Waals surface area (Å²) in [4.78, 5) is 14.6. The second kappa shape index (κ2) is 10.3. The van der Waals surface area contributed by atoms with Crippen LogP contribution < -0.4 is 16.0 Å². The van der Waals surface area contributed by atoms with E-state index in [1.54, 1.807) is 6.20 Å². The smallest absolute Gasteiger partial charge is 0.263 e. The Labute approximate surface area is 168 Å². The average molecular weight is 382 g/mol. The maximum atomic E-state index is 12.3. The van der Waals surface area contributed by atoms with Gasteiger partial charge < -0.3 is 16.0 Å². The Bertz CT molecular complexity index is 746. The number of nitriles is 1. The van der Waals surface area contributed by atoms with Gasteiger partial charge in [0.25, 0.3) is 5.91 Å². The summed E-state index contributed by atoms with van der Waals surface area (Å²) in [5.41, 5.74) is 4.20. The molecule has 0 radical (unpaired) electrons. The lowest BCUT2D eigenvalue weighted by Crippen LogP contribution is -2.46. The Kier molecular flexibility index (Phi) is 7.46. The van der Waals surface area contributed by atoms with Crippen LogP contribution in [0.4, 0.5) is 0 Å². The summed E-state index contributed by atoms with van der Waals surface area (Å²) in [6.45, 7) is 7.39.